The summed E-state index contributed by atoms with van der Waals surface area (Å²) >= 11 is 0. The molecule has 2 aromatic heterocycles. The topological polar surface area (TPSA) is 215 Å². The number of hydrogen-bond donors (Lipinski definition) is 6. The van der Waals surface area contributed by atoms with Gasteiger partial charge in [0.25, 0.3) is 0 Å². The number of aromatic nitrogens is 4. The second-order valence-electron chi connectivity index (χ2n) is 6.02. The highest BCUT2D eigenvalue weighted by Gasteiger charge is 2.29. The number of anilines is 1. The number of fused-ring (bicyclic) bond motifs is 1. The Bertz CT molecular complexity index is 852. The second kappa shape index (κ2) is 9.45. The van der Waals surface area contributed by atoms with Gasteiger partial charge in [0.1, 0.15) is 24.4 Å². The van der Waals surface area contributed by atoms with Gasteiger partial charge in [-0.25, -0.2) is 19.7 Å². The van der Waals surface area contributed by atoms with Gasteiger partial charge in [0.05, 0.1) is 6.33 Å². The predicted octanol–water partition coefficient (Wildman–Crippen LogP) is -2.09. The molecule has 0 spiro atoms. The van der Waals surface area contributed by atoms with Crippen LogP contribution in [0.15, 0.2) is 12.7 Å². The van der Waals surface area contributed by atoms with Crippen molar-refractivity contribution in [2.24, 2.45) is 11.5 Å². The average Bonchev–Trinajstić information content (AvgIpc) is 3.04. The number of nitrogen functional groups attached to an aromatic ring is 1. The van der Waals surface area contributed by atoms with E-state index in [0.717, 1.165) is 0 Å². The number of nitrogens with two attached hydrogens (primary N) is 3. The summed E-state index contributed by atoms with van der Waals surface area (Å²) in [5.74, 6) is -1.58. The molecule has 13 nitrogen and oxygen atoms in total. The molecule has 0 saturated carbocycles. The van der Waals surface area contributed by atoms with Crippen LogP contribution >= 0.6 is 0 Å². The lowest BCUT2D eigenvalue weighted by atomic mass is 10.1. The molecule has 0 radical (unpaired) electrons. The van der Waals surface area contributed by atoms with Crippen LogP contribution in [0.3, 0.4) is 0 Å². The number of hydrogen-bond acceptors (Lipinski definition) is 8. The third kappa shape index (κ3) is 5.03. The summed E-state index contributed by atoms with van der Waals surface area (Å²) in [6.45, 7) is 0.356. The van der Waals surface area contributed by atoms with Crippen molar-refractivity contribution in [3.05, 3.63) is 12.7 Å². The van der Waals surface area contributed by atoms with Crippen molar-refractivity contribution in [2.75, 3.05) is 25.4 Å². The van der Waals surface area contributed by atoms with E-state index in [4.69, 9.17) is 22.6 Å². The maximum atomic E-state index is 12.8. The number of nitrogens with one attached hydrogen (secondary N) is 2. The molecule has 0 aromatic carbocycles. The summed E-state index contributed by atoms with van der Waals surface area (Å²) in [5.41, 5.74) is 17.3. The number of carbonyl (C=O) groups is 2. The van der Waals surface area contributed by atoms with Gasteiger partial charge in [-0.1, -0.05) is 0 Å². The fourth-order valence-corrected chi connectivity index (χ4v) is 2.78. The molecule has 13 heteroatoms. The minimum Gasteiger partial charge on any atom is -0.480 e. The Morgan fingerprint density at radius 3 is 2.75 bits per heavy atom. The number of guanidine groups is 1. The highest BCUT2D eigenvalue weighted by molar-refractivity contribution is 5.86. The van der Waals surface area contributed by atoms with Crippen LogP contribution in [0.2, 0.25) is 0 Å². The molecule has 0 bridgehead atoms. The Labute approximate surface area is 160 Å². The fourth-order valence-electron chi connectivity index (χ4n) is 2.78. The summed E-state index contributed by atoms with van der Waals surface area (Å²) < 4.78 is 1.48. The molecular weight excluding hydrogens is 368 g/mol. The van der Waals surface area contributed by atoms with Crippen molar-refractivity contribution in [1.82, 2.24) is 29.7 Å². The van der Waals surface area contributed by atoms with Crippen molar-refractivity contribution in [1.29, 1.82) is 5.41 Å². The first-order chi connectivity index (χ1) is 13.3. The van der Waals surface area contributed by atoms with Gasteiger partial charge in [-0.05, 0) is 12.8 Å². The molecule has 152 valence electrons. The molecule has 1 amide bonds. The number of aliphatic carboxylic acids is 1. The van der Waals surface area contributed by atoms with E-state index in [-0.39, 0.29) is 37.8 Å². The highest BCUT2D eigenvalue weighted by atomic mass is 16.4. The van der Waals surface area contributed by atoms with Crippen LogP contribution in [0.25, 0.3) is 11.2 Å². The lowest BCUT2D eigenvalue weighted by Crippen LogP contribution is -2.48. The third-order valence-corrected chi connectivity index (χ3v) is 4.06. The maximum Gasteiger partial charge on any atom is 0.326 e. The summed E-state index contributed by atoms with van der Waals surface area (Å²) in [6, 6.07) is -1.06. The number of carboxylic acid groups (broad SMARTS) is 1. The minimum atomic E-state index is -1.13. The lowest BCUT2D eigenvalue weighted by molar-refractivity contribution is -0.150. The van der Waals surface area contributed by atoms with Crippen molar-refractivity contribution >= 4 is 34.8 Å². The van der Waals surface area contributed by atoms with Crippen LogP contribution in [-0.4, -0.2) is 73.0 Å². The predicted molar refractivity (Wildman–Crippen MR) is 101 cm³/mol. The molecule has 9 N–H and O–H groups in total. The first-order valence-electron chi connectivity index (χ1n) is 8.56. The van der Waals surface area contributed by atoms with Gasteiger partial charge < -0.3 is 37.1 Å². The van der Waals surface area contributed by atoms with E-state index in [0.29, 0.717) is 24.1 Å². The Hall–Kier alpha value is -3.48. The molecule has 0 aliphatic heterocycles. The van der Waals surface area contributed by atoms with E-state index in [2.05, 4.69) is 20.3 Å². The van der Waals surface area contributed by atoms with E-state index in [1.165, 1.54) is 22.1 Å². The van der Waals surface area contributed by atoms with Gasteiger partial charge in [-0.2, -0.15) is 0 Å². The molecule has 0 fully saturated rings. The number of rotatable bonds is 10. The third-order valence-electron chi connectivity index (χ3n) is 4.06. The zero-order valence-corrected chi connectivity index (χ0v) is 15.2. The van der Waals surface area contributed by atoms with E-state index in [1.54, 1.807) is 0 Å². The van der Waals surface area contributed by atoms with Crippen LogP contribution in [0.1, 0.15) is 12.8 Å². The van der Waals surface area contributed by atoms with Gasteiger partial charge in [-0.3, -0.25) is 10.2 Å². The molecule has 2 aromatic rings. The van der Waals surface area contributed by atoms with Crippen LogP contribution < -0.4 is 22.5 Å². The summed E-state index contributed by atoms with van der Waals surface area (Å²) in [7, 11) is 0. The number of imidazole rings is 1. The van der Waals surface area contributed by atoms with Gasteiger partial charge in [0.2, 0.25) is 5.91 Å². The highest BCUT2D eigenvalue weighted by Crippen LogP contribution is 2.15. The van der Waals surface area contributed by atoms with Crippen LogP contribution in [-0.2, 0) is 16.1 Å². The Morgan fingerprint density at radius 1 is 1.36 bits per heavy atom. The Balaban J connectivity index is 2.14. The Morgan fingerprint density at radius 2 is 2.11 bits per heavy atom. The first kappa shape index (κ1) is 20.8. The lowest BCUT2D eigenvalue weighted by Gasteiger charge is -2.29. The summed E-state index contributed by atoms with van der Waals surface area (Å²) in [4.78, 5) is 37.8. The fraction of sp³-hybridized carbons (Fsp3) is 0.467. The van der Waals surface area contributed by atoms with Gasteiger partial charge in [0.15, 0.2) is 17.4 Å². The van der Waals surface area contributed by atoms with E-state index in [1.807, 2.05) is 0 Å². The van der Waals surface area contributed by atoms with Crippen molar-refractivity contribution < 1.29 is 14.7 Å². The molecule has 28 heavy (non-hydrogen) atoms. The molecule has 2 rings (SSSR count). The summed E-state index contributed by atoms with van der Waals surface area (Å²) in [6.07, 6.45) is 3.25. The normalized spacial score (nSPS) is 11.9. The number of carbonyl (C=O) groups excluding carboxylic acids is 1. The molecular formula is C15H24N10O3. The van der Waals surface area contributed by atoms with Gasteiger partial charge in [-0.15, -0.1) is 0 Å². The van der Waals surface area contributed by atoms with Crippen molar-refractivity contribution in [3.63, 3.8) is 0 Å². The Kier molecular flexibility index (Phi) is 7.03. The maximum absolute atomic E-state index is 12.8. The monoisotopic (exact) mass is 392 g/mol. The summed E-state index contributed by atoms with van der Waals surface area (Å²) in [5, 5.41) is 19.3. The number of amides is 1. The average molecular weight is 392 g/mol. The van der Waals surface area contributed by atoms with Crippen molar-refractivity contribution in [2.45, 2.75) is 25.4 Å². The molecule has 0 unspecified atom stereocenters. The zero-order chi connectivity index (χ0) is 20.7. The van der Waals surface area contributed by atoms with E-state index < -0.39 is 17.9 Å². The zero-order valence-electron chi connectivity index (χ0n) is 15.2. The molecule has 0 saturated heterocycles. The first-order valence-corrected chi connectivity index (χ1v) is 8.56. The standard InChI is InChI=1S/C15H24N10O3/c16-3-5-25(9(14(27)28)2-1-4-20-15(18)19)10(26)6-24-8-23-11-12(17)21-7-22-13(11)24/h7-9H,1-6,16H2,(H,27,28)(H2,17,21,22)(H4,18,19,20)/t9-/m1/s1. The molecule has 0 aliphatic carbocycles. The van der Waals surface area contributed by atoms with Crippen LogP contribution in [0, 0.1) is 5.41 Å². The van der Waals surface area contributed by atoms with Gasteiger partial charge in [0, 0.05) is 19.6 Å². The minimum absolute atomic E-state index is 0.0830. The molecule has 0 aliphatic rings. The van der Waals surface area contributed by atoms with Crippen LogP contribution in [0.4, 0.5) is 5.82 Å². The SMILES string of the molecule is N=C(N)NCCC[C@H](C(=O)O)N(CCN)C(=O)Cn1cnc2c(N)ncnc21. The molecule has 1 atom stereocenters. The van der Waals surface area contributed by atoms with E-state index >= 15 is 0 Å². The second-order valence-corrected chi connectivity index (χ2v) is 6.02. The van der Waals surface area contributed by atoms with Crippen molar-refractivity contribution in [3.8, 4) is 0 Å². The smallest absolute Gasteiger partial charge is 0.326 e. The number of nitrogens with zero attached hydrogens (tertiary/aromatic N) is 5. The van der Waals surface area contributed by atoms with Crippen LogP contribution in [0.5, 0.6) is 0 Å². The van der Waals surface area contributed by atoms with Gasteiger partial charge >= 0.3 is 5.97 Å². The number of carboxylic acids is 1. The quantitative estimate of drug-likeness (QED) is 0.147. The van der Waals surface area contributed by atoms with E-state index in [9.17, 15) is 14.7 Å². The molecule has 2 heterocycles. The largest absolute Gasteiger partial charge is 0.480 e.